The Morgan fingerprint density at radius 3 is 2.53 bits per heavy atom. The number of hydrogen-bond donors (Lipinski definition) is 1. The van der Waals surface area contributed by atoms with E-state index in [1.807, 2.05) is 6.20 Å². The lowest BCUT2D eigenvalue weighted by molar-refractivity contribution is 0.549. The van der Waals surface area contributed by atoms with E-state index in [-0.39, 0.29) is 0 Å². The van der Waals surface area contributed by atoms with Crippen molar-refractivity contribution in [3.63, 3.8) is 0 Å². The molecule has 0 saturated heterocycles. The van der Waals surface area contributed by atoms with Gasteiger partial charge in [0.2, 0.25) is 0 Å². The van der Waals surface area contributed by atoms with Crippen LogP contribution >= 0.6 is 0 Å². The van der Waals surface area contributed by atoms with Gasteiger partial charge in [-0.15, -0.1) is 0 Å². The van der Waals surface area contributed by atoms with Crippen molar-refractivity contribution in [1.29, 1.82) is 0 Å². The second-order valence-corrected chi connectivity index (χ2v) is 5.56. The van der Waals surface area contributed by atoms with E-state index in [9.17, 15) is 0 Å². The van der Waals surface area contributed by atoms with Gasteiger partial charge in [-0.25, -0.2) is 4.98 Å². The number of nitrogens with zero attached hydrogens (tertiary/aromatic N) is 2. The maximum absolute atomic E-state index is 4.62. The Morgan fingerprint density at radius 1 is 1.21 bits per heavy atom. The Balaban J connectivity index is 1.95. The molecule has 3 nitrogen and oxygen atoms in total. The van der Waals surface area contributed by atoms with Crippen LogP contribution in [0, 0.1) is 0 Å². The molecule has 1 N–H and O–H groups in total. The van der Waals surface area contributed by atoms with Crippen molar-refractivity contribution < 1.29 is 0 Å². The summed E-state index contributed by atoms with van der Waals surface area (Å²) in [5.74, 6) is 1.12. The lowest BCUT2D eigenvalue weighted by Crippen LogP contribution is -2.31. The standard InChI is InChI=1S/C16H27N3/c1-3-17-12-14-10-11-16(18-13-14)19(2)15-8-6-4-5-7-9-15/h10-11,13,15,17H,3-9,12H2,1-2H3. The van der Waals surface area contributed by atoms with Crippen LogP contribution in [0.1, 0.15) is 51.0 Å². The highest BCUT2D eigenvalue weighted by molar-refractivity contribution is 5.39. The Kier molecular flexibility index (Phi) is 5.64. The molecule has 0 unspecified atom stereocenters. The maximum Gasteiger partial charge on any atom is 0.128 e. The van der Waals surface area contributed by atoms with E-state index in [1.165, 1.54) is 44.1 Å². The summed E-state index contributed by atoms with van der Waals surface area (Å²) in [6, 6.07) is 5.03. The third kappa shape index (κ3) is 4.20. The summed E-state index contributed by atoms with van der Waals surface area (Å²) in [6.45, 7) is 4.04. The quantitative estimate of drug-likeness (QED) is 0.824. The highest BCUT2D eigenvalue weighted by Crippen LogP contribution is 2.24. The zero-order chi connectivity index (χ0) is 13.5. The molecule has 1 heterocycles. The molecule has 19 heavy (non-hydrogen) atoms. The second-order valence-electron chi connectivity index (χ2n) is 5.56. The van der Waals surface area contributed by atoms with E-state index < -0.39 is 0 Å². The SMILES string of the molecule is CCNCc1ccc(N(C)C2CCCCCC2)nc1. The van der Waals surface area contributed by atoms with E-state index in [4.69, 9.17) is 0 Å². The van der Waals surface area contributed by atoms with Crippen LogP contribution in [0.15, 0.2) is 18.3 Å². The fourth-order valence-electron chi connectivity index (χ4n) is 2.83. The molecular weight excluding hydrogens is 234 g/mol. The van der Waals surface area contributed by atoms with Crippen molar-refractivity contribution >= 4 is 5.82 Å². The van der Waals surface area contributed by atoms with E-state index in [0.29, 0.717) is 6.04 Å². The van der Waals surface area contributed by atoms with Gasteiger partial charge in [0.15, 0.2) is 0 Å². The van der Waals surface area contributed by atoms with Crippen LogP contribution < -0.4 is 10.2 Å². The molecule has 0 bridgehead atoms. The average Bonchev–Trinajstić information content (AvgIpc) is 2.74. The summed E-state index contributed by atoms with van der Waals surface area (Å²) in [5, 5.41) is 3.33. The van der Waals surface area contributed by atoms with Gasteiger partial charge in [0.25, 0.3) is 0 Å². The first-order chi connectivity index (χ1) is 9.31. The van der Waals surface area contributed by atoms with Crippen molar-refractivity contribution in [2.45, 2.75) is 58.0 Å². The highest BCUT2D eigenvalue weighted by atomic mass is 15.2. The van der Waals surface area contributed by atoms with Crippen LogP contribution in [0.3, 0.4) is 0 Å². The van der Waals surface area contributed by atoms with E-state index in [0.717, 1.165) is 18.9 Å². The molecule has 3 heteroatoms. The molecule has 106 valence electrons. The van der Waals surface area contributed by atoms with Gasteiger partial charge in [0, 0.05) is 25.8 Å². The van der Waals surface area contributed by atoms with Crippen LogP contribution in [-0.2, 0) is 6.54 Å². The topological polar surface area (TPSA) is 28.2 Å². The minimum Gasteiger partial charge on any atom is -0.357 e. The van der Waals surface area contributed by atoms with Gasteiger partial charge in [-0.2, -0.15) is 0 Å². The predicted molar refractivity (Wildman–Crippen MR) is 81.5 cm³/mol. The van der Waals surface area contributed by atoms with Crippen molar-refractivity contribution in [3.8, 4) is 0 Å². The molecule has 1 aliphatic carbocycles. The maximum atomic E-state index is 4.62. The monoisotopic (exact) mass is 261 g/mol. The van der Waals surface area contributed by atoms with Crippen LogP contribution in [0.2, 0.25) is 0 Å². The first-order valence-corrected chi connectivity index (χ1v) is 7.69. The largest absolute Gasteiger partial charge is 0.357 e. The number of hydrogen-bond acceptors (Lipinski definition) is 3. The minimum atomic E-state index is 0.676. The molecule has 0 atom stereocenters. The van der Waals surface area contributed by atoms with Gasteiger partial charge in [-0.1, -0.05) is 38.7 Å². The Hall–Kier alpha value is -1.09. The van der Waals surface area contributed by atoms with E-state index in [2.05, 4.69) is 41.3 Å². The third-order valence-corrected chi connectivity index (χ3v) is 4.12. The lowest BCUT2D eigenvalue weighted by atomic mass is 10.1. The molecule has 0 aliphatic heterocycles. The van der Waals surface area contributed by atoms with Crippen molar-refractivity contribution in [3.05, 3.63) is 23.9 Å². The summed E-state index contributed by atoms with van der Waals surface area (Å²) >= 11 is 0. The number of rotatable bonds is 5. The van der Waals surface area contributed by atoms with Gasteiger partial charge in [-0.05, 0) is 31.0 Å². The fraction of sp³-hybridized carbons (Fsp3) is 0.688. The van der Waals surface area contributed by atoms with Crippen molar-refractivity contribution in [1.82, 2.24) is 10.3 Å². The fourth-order valence-corrected chi connectivity index (χ4v) is 2.83. The van der Waals surface area contributed by atoms with E-state index in [1.54, 1.807) is 0 Å². The molecule has 1 aromatic rings. The van der Waals surface area contributed by atoms with Crippen LogP contribution in [0.5, 0.6) is 0 Å². The minimum absolute atomic E-state index is 0.676. The van der Waals surface area contributed by atoms with Crippen molar-refractivity contribution in [2.75, 3.05) is 18.5 Å². The van der Waals surface area contributed by atoms with Gasteiger partial charge >= 0.3 is 0 Å². The molecule has 1 aromatic heterocycles. The molecular formula is C16H27N3. The molecule has 0 radical (unpaired) electrons. The Labute approximate surface area is 117 Å². The Bertz CT molecular complexity index is 353. The van der Waals surface area contributed by atoms with Gasteiger partial charge < -0.3 is 10.2 Å². The zero-order valence-electron chi connectivity index (χ0n) is 12.4. The summed E-state index contributed by atoms with van der Waals surface area (Å²) < 4.78 is 0. The lowest BCUT2D eigenvalue weighted by Gasteiger charge is -2.28. The molecule has 0 spiro atoms. The predicted octanol–water partition coefficient (Wildman–Crippen LogP) is 3.35. The summed E-state index contributed by atoms with van der Waals surface area (Å²) in [4.78, 5) is 7.00. The second kappa shape index (κ2) is 7.49. The third-order valence-electron chi connectivity index (χ3n) is 4.12. The average molecular weight is 261 g/mol. The molecule has 1 aliphatic rings. The van der Waals surface area contributed by atoms with Gasteiger partial charge in [-0.3, -0.25) is 0 Å². The zero-order valence-corrected chi connectivity index (χ0v) is 12.4. The van der Waals surface area contributed by atoms with Gasteiger partial charge in [0.05, 0.1) is 0 Å². The van der Waals surface area contributed by atoms with Crippen molar-refractivity contribution in [2.24, 2.45) is 0 Å². The summed E-state index contributed by atoms with van der Waals surface area (Å²) in [6.07, 6.45) is 10.2. The number of pyridine rings is 1. The number of nitrogens with one attached hydrogen (secondary N) is 1. The summed E-state index contributed by atoms with van der Waals surface area (Å²) in [7, 11) is 2.20. The molecule has 0 aromatic carbocycles. The molecule has 1 fully saturated rings. The first-order valence-electron chi connectivity index (χ1n) is 7.69. The number of aromatic nitrogens is 1. The molecule has 0 amide bonds. The van der Waals surface area contributed by atoms with Crippen LogP contribution in [0.25, 0.3) is 0 Å². The van der Waals surface area contributed by atoms with E-state index >= 15 is 0 Å². The molecule has 2 rings (SSSR count). The van der Waals surface area contributed by atoms with Gasteiger partial charge in [0.1, 0.15) is 5.82 Å². The summed E-state index contributed by atoms with van der Waals surface area (Å²) in [5.41, 5.74) is 1.26. The highest BCUT2D eigenvalue weighted by Gasteiger charge is 2.17. The smallest absolute Gasteiger partial charge is 0.128 e. The normalized spacial score (nSPS) is 17.2. The first kappa shape index (κ1) is 14.3. The van der Waals surface area contributed by atoms with Crippen LogP contribution in [0.4, 0.5) is 5.82 Å². The number of anilines is 1. The Morgan fingerprint density at radius 2 is 1.95 bits per heavy atom. The molecule has 1 saturated carbocycles. The van der Waals surface area contributed by atoms with Crippen LogP contribution in [-0.4, -0.2) is 24.6 Å².